The average Bonchev–Trinajstić information content (AvgIpc) is 2.82. The van der Waals surface area contributed by atoms with Gasteiger partial charge in [-0.15, -0.1) is 0 Å². The molecule has 0 fully saturated rings. The number of nitrogens with zero attached hydrogens (tertiary/aromatic N) is 2. The van der Waals surface area contributed by atoms with Crippen molar-refractivity contribution in [2.24, 2.45) is 0 Å². The Morgan fingerprint density at radius 2 is 2.19 bits per heavy atom. The first-order chi connectivity index (χ1) is 10.1. The van der Waals surface area contributed by atoms with Gasteiger partial charge in [0.2, 0.25) is 0 Å². The highest BCUT2D eigenvalue weighted by Crippen LogP contribution is 2.12. The lowest BCUT2D eigenvalue weighted by molar-refractivity contribution is 0.0946. The fourth-order valence-corrected chi connectivity index (χ4v) is 1.95. The summed E-state index contributed by atoms with van der Waals surface area (Å²) in [5, 5.41) is 9.93. The molecule has 21 heavy (non-hydrogen) atoms. The summed E-state index contributed by atoms with van der Waals surface area (Å²) in [6, 6.07) is 3.60. The molecule has 6 nitrogen and oxygen atoms in total. The molecule has 2 N–H and O–H groups in total. The molecule has 0 radical (unpaired) electrons. The Bertz CT molecular complexity index is 602. The van der Waals surface area contributed by atoms with Crippen molar-refractivity contribution in [2.45, 2.75) is 33.7 Å². The van der Waals surface area contributed by atoms with Gasteiger partial charge in [-0.25, -0.2) is 0 Å². The van der Waals surface area contributed by atoms with Crippen molar-refractivity contribution >= 4 is 11.6 Å². The first kappa shape index (κ1) is 15.0. The first-order valence-electron chi connectivity index (χ1n) is 7.01. The van der Waals surface area contributed by atoms with E-state index in [1.54, 1.807) is 12.3 Å². The van der Waals surface area contributed by atoms with E-state index in [1.807, 2.05) is 19.9 Å². The van der Waals surface area contributed by atoms with Crippen LogP contribution in [0.5, 0.6) is 0 Å². The van der Waals surface area contributed by atoms with Gasteiger partial charge in [-0.05, 0) is 32.4 Å². The second kappa shape index (κ2) is 6.88. The predicted octanol–water partition coefficient (Wildman–Crippen LogP) is 2.44. The Balaban J connectivity index is 2.00. The van der Waals surface area contributed by atoms with Gasteiger partial charge in [0.25, 0.3) is 5.91 Å². The van der Waals surface area contributed by atoms with Crippen LogP contribution in [0.3, 0.4) is 0 Å². The summed E-state index contributed by atoms with van der Waals surface area (Å²) in [5.41, 5.74) is 2.99. The fourth-order valence-electron chi connectivity index (χ4n) is 1.95. The number of aryl methyl sites for hydroxylation is 2. The van der Waals surface area contributed by atoms with E-state index in [9.17, 15) is 4.79 Å². The molecule has 0 saturated heterocycles. The van der Waals surface area contributed by atoms with Crippen LogP contribution < -0.4 is 10.6 Å². The maximum atomic E-state index is 12.1. The molecule has 112 valence electrons. The standard InChI is InChI=1S/C15H20N4O2/c1-4-6-16-12-5-7-17-14(8-12)15(20)18-9-13-10(2)19-21-11(13)3/h5,7-8H,4,6,9H2,1-3H3,(H,16,17)(H,18,20). The van der Waals surface area contributed by atoms with Gasteiger partial charge in [0.05, 0.1) is 5.69 Å². The van der Waals surface area contributed by atoms with Crippen LogP contribution in [0.1, 0.15) is 40.9 Å². The quantitative estimate of drug-likeness (QED) is 0.853. The monoisotopic (exact) mass is 288 g/mol. The maximum Gasteiger partial charge on any atom is 0.270 e. The summed E-state index contributed by atoms with van der Waals surface area (Å²) in [6.45, 7) is 7.02. The Morgan fingerprint density at radius 3 is 2.86 bits per heavy atom. The molecular weight excluding hydrogens is 268 g/mol. The molecule has 0 aliphatic carbocycles. The molecule has 0 aliphatic heterocycles. The van der Waals surface area contributed by atoms with Gasteiger partial charge in [-0.2, -0.15) is 0 Å². The number of rotatable bonds is 6. The van der Waals surface area contributed by atoms with Crippen molar-refractivity contribution in [1.82, 2.24) is 15.5 Å². The van der Waals surface area contributed by atoms with Gasteiger partial charge >= 0.3 is 0 Å². The summed E-state index contributed by atoms with van der Waals surface area (Å²) in [6.07, 6.45) is 2.65. The van der Waals surface area contributed by atoms with Gasteiger partial charge < -0.3 is 15.2 Å². The van der Waals surface area contributed by atoms with Gasteiger partial charge in [0.15, 0.2) is 0 Å². The number of carbonyl (C=O) groups excluding carboxylic acids is 1. The number of nitrogens with one attached hydrogen (secondary N) is 2. The van der Waals surface area contributed by atoms with Gasteiger partial charge in [0.1, 0.15) is 11.5 Å². The minimum Gasteiger partial charge on any atom is -0.385 e. The minimum atomic E-state index is -0.213. The van der Waals surface area contributed by atoms with Crippen LogP contribution in [-0.2, 0) is 6.54 Å². The summed E-state index contributed by atoms with van der Waals surface area (Å²) in [5.74, 6) is 0.509. The van der Waals surface area contributed by atoms with Crippen molar-refractivity contribution < 1.29 is 9.32 Å². The number of hydrogen-bond donors (Lipinski definition) is 2. The van der Waals surface area contributed by atoms with E-state index in [0.29, 0.717) is 12.2 Å². The second-order valence-corrected chi connectivity index (χ2v) is 4.84. The molecule has 0 atom stereocenters. The first-order valence-corrected chi connectivity index (χ1v) is 7.01. The lowest BCUT2D eigenvalue weighted by Gasteiger charge is -2.07. The highest BCUT2D eigenvalue weighted by Gasteiger charge is 2.12. The summed E-state index contributed by atoms with van der Waals surface area (Å²) in [4.78, 5) is 16.2. The molecule has 2 aromatic heterocycles. The zero-order chi connectivity index (χ0) is 15.2. The Hall–Kier alpha value is -2.37. The maximum absolute atomic E-state index is 12.1. The lowest BCUT2D eigenvalue weighted by atomic mass is 10.2. The topological polar surface area (TPSA) is 80.0 Å². The third-order valence-electron chi connectivity index (χ3n) is 3.18. The van der Waals surface area contributed by atoms with E-state index in [2.05, 4.69) is 27.7 Å². The smallest absolute Gasteiger partial charge is 0.270 e. The Morgan fingerprint density at radius 1 is 1.38 bits per heavy atom. The molecule has 6 heteroatoms. The van der Waals surface area contributed by atoms with Crippen LogP contribution in [0.2, 0.25) is 0 Å². The van der Waals surface area contributed by atoms with Gasteiger partial charge in [-0.1, -0.05) is 12.1 Å². The van der Waals surface area contributed by atoms with E-state index in [0.717, 1.165) is 35.7 Å². The Kier molecular flexibility index (Phi) is 4.92. The highest BCUT2D eigenvalue weighted by molar-refractivity contribution is 5.93. The number of hydrogen-bond acceptors (Lipinski definition) is 5. The molecule has 2 heterocycles. The molecule has 2 aromatic rings. The van der Waals surface area contributed by atoms with Crippen molar-refractivity contribution in [3.8, 4) is 0 Å². The second-order valence-electron chi connectivity index (χ2n) is 4.84. The predicted molar refractivity (Wildman–Crippen MR) is 80.2 cm³/mol. The van der Waals surface area contributed by atoms with Crippen molar-refractivity contribution in [1.29, 1.82) is 0 Å². The van der Waals surface area contributed by atoms with Crippen LogP contribution in [0.4, 0.5) is 5.69 Å². The van der Waals surface area contributed by atoms with Crippen LogP contribution in [-0.4, -0.2) is 22.6 Å². The van der Waals surface area contributed by atoms with E-state index >= 15 is 0 Å². The molecule has 0 aromatic carbocycles. The van der Waals surface area contributed by atoms with Crippen LogP contribution in [0.25, 0.3) is 0 Å². The molecule has 0 saturated carbocycles. The van der Waals surface area contributed by atoms with Crippen LogP contribution in [0, 0.1) is 13.8 Å². The number of aromatic nitrogens is 2. The van der Waals surface area contributed by atoms with Crippen LogP contribution >= 0.6 is 0 Å². The third kappa shape index (κ3) is 3.81. The fraction of sp³-hybridized carbons (Fsp3) is 0.400. The molecule has 1 amide bonds. The number of carbonyl (C=O) groups is 1. The van der Waals surface area contributed by atoms with E-state index in [1.165, 1.54) is 0 Å². The van der Waals surface area contributed by atoms with Gasteiger partial charge in [-0.3, -0.25) is 9.78 Å². The molecular formula is C15H20N4O2. The van der Waals surface area contributed by atoms with Crippen molar-refractivity contribution in [3.63, 3.8) is 0 Å². The van der Waals surface area contributed by atoms with E-state index in [4.69, 9.17) is 4.52 Å². The summed E-state index contributed by atoms with van der Waals surface area (Å²) < 4.78 is 5.07. The van der Waals surface area contributed by atoms with Crippen LogP contribution in [0.15, 0.2) is 22.9 Å². The minimum absolute atomic E-state index is 0.213. The number of anilines is 1. The normalized spacial score (nSPS) is 10.4. The lowest BCUT2D eigenvalue weighted by Crippen LogP contribution is -2.24. The average molecular weight is 288 g/mol. The molecule has 0 aliphatic rings. The highest BCUT2D eigenvalue weighted by atomic mass is 16.5. The van der Waals surface area contributed by atoms with Crippen molar-refractivity contribution in [2.75, 3.05) is 11.9 Å². The summed E-state index contributed by atoms with van der Waals surface area (Å²) >= 11 is 0. The molecule has 0 spiro atoms. The number of amides is 1. The zero-order valence-electron chi connectivity index (χ0n) is 12.6. The van der Waals surface area contributed by atoms with E-state index in [-0.39, 0.29) is 5.91 Å². The number of pyridine rings is 1. The largest absolute Gasteiger partial charge is 0.385 e. The zero-order valence-corrected chi connectivity index (χ0v) is 12.6. The van der Waals surface area contributed by atoms with Crippen molar-refractivity contribution in [3.05, 3.63) is 41.0 Å². The molecule has 2 rings (SSSR count). The Labute approximate surface area is 123 Å². The van der Waals surface area contributed by atoms with Gasteiger partial charge in [0, 0.05) is 30.5 Å². The summed E-state index contributed by atoms with van der Waals surface area (Å²) in [7, 11) is 0. The molecule has 0 unspecified atom stereocenters. The van der Waals surface area contributed by atoms with E-state index < -0.39 is 0 Å². The molecule has 0 bridgehead atoms. The SMILES string of the molecule is CCCNc1ccnc(C(=O)NCc2c(C)noc2C)c1. The third-order valence-corrected chi connectivity index (χ3v) is 3.18.